The van der Waals surface area contributed by atoms with Crippen LogP contribution in [0.1, 0.15) is 15.9 Å². The Kier molecular flexibility index (Phi) is 5.33. The van der Waals surface area contributed by atoms with Crippen molar-refractivity contribution in [2.75, 3.05) is 14.2 Å². The molecule has 0 aliphatic heterocycles. The first kappa shape index (κ1) is 19.8. The van der Waals surface area contributed by atoms with Crippen molar-refractivity contribution in [1.82, 2.24) is 9.97 Å². The van der Waals surface area contributed by atoms with Gasteiger partial charge in [0.15, 0.2) is 0 Å². The first-order valence-electron chi connectivity index (χ1n) is 9.19. The predicted molar refractivity (Wildman–Crippen MR) is 116 cm³/mol. The summed E-state index contributed by atoms with van der Waals surface area (Å²) in [5, 5.41) is 0.578. The number of imidazole rings is 1. The van der Waals surface area contributed by atoms with E-state index in [1.165, 1.54) is 7.11 Å². The minimum atomic E-state index is -0.419. The van der Waals surface area contributed by atoms with E-state index < -0.39 is 5.97 Å². The van der Waals surface area contributed by atoms with Crippen LogP contribution >= 0.6 is 11.6 Å². The maximum Gasteiger partial charge on any atom is 0.338 e. The Labute approximate surface area is 178 Å². The summed E-state index contributed by atoms with van der Waals surface area (Å²) in [7, 11) is 2.97. The highest BCUT2D eigenvalue weighted by Gasteiger charge is 2.14. The van der Waals surface area contributed by atoms with Gasteiger partial charge in [0.25, 0.3) is 6.01 Å². The predicted octanol–water partition coefficient (Wildman–Crippen LogP) is 5.78. The molecule has 0 saturated carbocycles. The molecule has 1 N–H and O–H groups in total. The van der Waals surface area contributed by atoms with Gasteiger partial charge in [0.1, 0.15) is 11.5 Å². The average molecular weight is 423 g/mol. The molecule has 0 spiro atoms. The van der Waals surface area contributed by atoms with Crippen molar-refractivity contribution in [3.8, 4) is 28.6 Å². The molecular formula is C23H19ClN2O4. The van der Waals surface area contributed by atoms with E-state index in [1.54, 1.807) is 31.4 Å². The number of hydrogen-bond donors (Lipinski definition) is 1. The summed E-state index contributed by atoms with van der Waals surface area (Å²) in [6.07, 6.45) is 0. The second-order valence-corrected chi connectivity index (χ2v) is 7.10. The van der Waals surface area contributed by atoms with Gasteiger partial charge in [-0.2, -0.15) is 4.98 Å². The van der Waals surface area contributed by atoms with Crippen LogP contribution in [0.3, 0.4) is 0 Å². The number of aromatic nitrogens is 2. The number of hydrogen-bond acceptors (Lipinski definition) is 5. The Balaban J connectivity index is 1.68. The highest BCUT2D eigenvalue weighted by molar-refractivity contribution is 6.34. The third-order valence-corrected chi connectivity index (χ3v) is 5.07. The van der Waals surface area contributed by atoms with E-state index in [0.29, 0.717) is 27.9 Å². The molecule has 0 aliphatic carbocycles. The van der Waals surface area contributed by atoms with Crippen molar-refractivity contribution in [3.63, 3.8) is 0 Å². The van der Waals surface area contributed by atoms with Gasteiger partial charge in [-0.3, -0.25) is 0 Å². The van der Waals surface area contributed by atoms with Gasteiger partial charge in [-0.25, -0.2) is 4.79 Å². The molecule has 0 saturated heterocycles. The van der Waals surface area contributed by atoms with Gasteiger partial charge in [0.05, 0.1) is 35.8 Å². The molecule has 0 aliphatic rings. The first-order valence-corrected chi connectivity index (χ1v) is 9.57. The zero-order valence-electron chi connectivity index (χ0n) is 16.7. The summed E-state index contributed by atoms with van der Waals surface area (Å²) in [6.45, 7) is 1.83. The highest BCUT2D eigenvalue weighted by Crippen LogP contribution is 2.34. The average Bonchev–Trinajstić information content (AvgIpc) is 3.14. The highest BCUT2D eigenvalue weighted by atomic mass is 35.5. The number of aromatic amines is 1. The molecule has 0 atom stereocenters. The van der Waals surface area contributed by atoms with Crippen LogP contribution in [0.15, 0.2) is 54.6 Å². The number of esters is 1. The molecule has 1 aromatic heterocycles. The number of carbonyl (C=O) groups excluding carboxylic acids is 1. The minimum Gasteiger partial charge on any atom is -0.497 e. The summed E-state index contributed by atoms with van der Waals surface area (Å²) in [4.78, 5) is 19.5. The second-order valence-electron chi connectivity index (χ2n) is 6.69. The van der Waals surface area contributed by atoms with Crippen molar-refractivity contribution < 1.29 is 19.0 Å². The third-order valence-electron chi connectivity index (χ3n) is 4.76. The second kappa shape index (κ2) is 8.08. The van der Waals surface area contributed by atoms with Crippen molar-refractivity contribution in [2.24, 2.45) is 0 Å². The fourth-order valence-corrected chi connectivity index (χ4v) is 3.45. The van der Waals surface area contributed by atoms with E-state index in [-0.39, 0.29) is 0 Å². The van der Waals surface area contributed by atoms with Crippen LogP contribution in [0, 0.1) is 6.92 Å². The number of methoxy groups -OCH3 is 2. The number of ether oxygens (including phenoxy) is 3. The van der Waals surface area contributed by atoms with Crippen LogP contribution in [-0.2, 0) is 4.74 Å². The van der Waals surface area contributed by atoms with Crippen LogP contribution in [0.5, 0.6) is 17.5 Å². The molecule has 0 bridgehead atoms. The van der Waals surface area contributed by atoms with E-state index in [9.17, 15) is 4.79 Å². The first-order chi connectivity index (χ1) is 14.5. The quantitative estimate of drug-likeness (QED) is 0.413. The molecular weight excluding hydrogens is 404 g/mol. The number of fused-ring (bicyclic) bond motifs is 1. The van der Waals surface area contributed by atoms with Gasteiger partial charge < -0.3 is 19.2 Å². The van der Waals surface area contributed by atoms with Gasteiger partial charge >= 0.3 is 5.97 Å². The Morgan fingerprint density at radius 1 is 1.03 bits per heavy atom. The van der Waals surface area contributed by atoms with Crippen molar-refractivity contribution >= 4 is 28.6 Å². The number of nitrogens with one attached hydrogen (secondary N) is 1. The molecule has 4 rings (SSSR count). The number of benzene rings is 3. The molecule has 7 heteroatoms. The normalized spacial score (nSPS) is 10.8. The van der Waals surface area contributed by atoms with Gasteiger partial charge in [-0.15, -0.1) is 0 Å². The molecule has 30 heavy (non-hydrogen) atoms. The number of nitrogens with zero attached hydrogens (tertiary/aromatic N) is 1. The molecule has 152 valence electrons. The summed E-state index contributed by atoms with van der Waals surface area (Å²) in [5.41, 5.74) is 4.44. The van der Waals surface area contributed by atoms with Gasteiger partial charge in [-0.1, -0.05) is 29.8 Å². The van der Waals surface area contributed by atoms with Crippen molar-refractivity contribution in [1.29, 1.82) is 0 Å². The Hall–Kier alpha value is -3.51. The third kappa shape index (κ3) is 3.82. The van der Waals surface area contributed by atoms with Gasteiger partial charge in [0, 0.05) is 5.56 Å². The molecule has 1 heterocycles. The van der Waals surface area contributed by atoms with Crippen LogP contribution in [0.2, 0.25) is 5.02 Å². The molecule has 4 aromatic rings. The number of rotatable bonds is 5. The molecule has 3 aromatic carbocycles. The fourth-order valence-electron chi connectivity index (χ4n) is 3.17. The van der Waals surface area contributed by atoms with E-state index in [1.807, 2.05) is 37.3 Å². The summed E-state index contributed by atoms with van der Waals surface area (Å²) < 4.78 is 16.0. The molecule has 0 radical (unpaired) electrons. The van der Waals surface area contributed by atoms with Crippen molar-refractivity contribution in [3.05, 3.63) is 70.7 Å². The summed E-state index contributed by atoms with van der Waals surface area (Å²) >= 11 is 6.51. The number of H-pyrrole nitrogens is 1. The van der Waals surface area contributed by atoms with Crippen LogP contribution in [-0.4, -0.2) is 30.2 Å². The Morgan fingerprint density at radius 2 is 1.87 bits per heavy atom. The number of carbonyl (C=O) groups is 1. The fraction of sp³-hybridized carbons (Fsp3) is 0.130. The van der Waals surface area contributed by atoms with Crippen molar-refractivity contribution in [2.45, 2.75) is 6.92 Å². The Morgan fingerprint density at radius 3 is 2.63 bits per heavy atom. The minimum absolute atomic E-state index is 0.295. The maximum absolute atomic E-state index is 11.9. The van der Waals surface area contributed by atoms with E-state index in [0.717, 1.165) is 28.0 Å². The SMILES string of the molecule is COC(=O)c1cc(Oc2nc3cc(-c4cccc(OC)c4)c(Cl)cc3[nH]2)ccc1C. The van der Waals surface area contributed by atoms with Crippen LogP contribution < -0.4 is 9.47 Å². The molecule has 6 nitrogen and oxygen atoms in total. The molecule has 0 unspecified atom stereocenters. The van der Waals surface area contributed by atoms with Crippen LogP contribution in [0.25, 0.3) is 22.2 Å². The lowest BCUT2D eigenvalue weighted by molar-refractivity contribution is 0.0599. The van der Waals surface area contributed by atoms with Crippen LogP contribution in [0.4, 0.5) is 0 Å². The lowest BCUT2D eigenvalue weighted by Gasteiger charge is -2.07. The monoisotopic (exact) mass is 422 g/mol. The van der Waals surface area contributed by atoms with E-state index in [2.05, 4.69) is 9.97 Å². The lowest BCUT2D eigenvalue weighted by atomic mass is 10.0. The largest absolute Gasteiger partial charge is 0.497 e. The zero-order chi connectivity index (χ0) is 21.3. The lowest BCUT2D eigenvalue weighted by Crippen LogP contribution is -2.04. The summed E-state index contributed by atoms with van der Waals surface area (Å²) in [6, 6.07) is 16.8. The van der Waals surface area contributed by atoms with E-state index in [4.69, 9.17) is 25.8 Å². The maximum atomic E-state index is 11.9. The van der Waals surface area contributed by atoms with Gasteiger partial charge in [0.2, 0.25) is 0 Å². The smallest absolute Gasteiger partial charge is 0.338 e. The zero-order valence-corrected chi connectivity index (χ0v) is 17.4. The molecule has 0 fully saturated rings. The molecule has 0 amide bonds. The standard InChI is InChI=1S/C23H19ClN2O4/c1-13-7-8-16(10-17(13)22(27)29-3)30-23-25-20-11-18(19(24)12-21(20)26-23)14-5-4-6-15(9-14)28-2/h4-12H,1-3H3,(H,25,26). The Bertz CT molecular complexity index is 1250. The number of halogens is 1. The van der Waals surface area contributed by atoms with Gasteiger partial charge in [-0.05, 0) is 54.4 Å². The summed E-state index contributed by atoms with van der Waals surface area (Å²) in [5.74, 6) is 0.798. The van der Waals surface area contributed by atoms with E-state index >= 15 is 0 Å². The topological polar surface area (TPSA) is 73.4 Å². The number of aryl methyl sites for hydroxylation is 1.